The predicted octanol–water partition coefficient (Wildman–Crippen LogP) is 2.23. The maximum Gasteiger partial charge on any atom is 0.296 e. The van der Waals surface area contributed by atoms with E-state index in [0.717, 1.165) is 0 Å². The van der Waals surface area contributed by atoms with Gasteiger partial charge in [-0.15, -0.1) is 0 Å². The molecule has 0 aromatic carbocycles. The highest BCUT2D eigenvalue weighted by Crippen LogP contribution is 2.24. The van der Waals surface area contributed by atoms with Crippen molar-refractivity contribution >= 4 is 32.7 Å². The van der Waals surface area contributed by atoms with Crippen molar-refractivity contribution in [3.05, 3.63) is 33.0 Å². The second-order valence-corrected chi connectivity index (χ2v) is 3.27. The van der Waals surface area contributed by atoms with E-state index < -0.39 is 4.92 Å². The van der Waals surface area contributed by atoms with Gasteiger partial charge >= 0.3 is 0 Å². The number of pyridine rings is 1. The maximum absolute atomic E-state index is 10.5. The molecule has 2 rings (SSSR count). The van der Waals surface area contributed by atoms with Crippen LogP contribution in [-0.4, -0.2) is 14.9 Å². The molecule has 0 aliphatic heterocycles. The summed E-state index contributed by atoms with van der Waals surface area (Å²) < 4.78 is 0.650. The summed E-state index contributed by atoms with van der Waals surface area (Å²) in [5.41, 5.74) is 0.566. The summed E-state index contributed by atoms with van der Waals surface area (Å²) in [5, 5.41) is 11.0. The number of rotatable bonds is 1. The fourth-order valence-electron chi connectivity index (χ4n) is 1.12. The number of nitro groups is 1. The first kappa shape index (κ1) is 8.18. The fourth-order valence-corrected chi connectivity index (χ4v) is 1.43. The number of hydrogen-bond donors (Lipinski definition) is 1. The number of hydrogen-bond acceptors (Lipinski definition) is 3. The third-order valence-corrected chi connectivity index (χ3v) is 2.12. The molecular formula is C7H4BrN3O2. The quantitative estimate of drug-likeness (QED) is 0.473. The lowest BCUT2D eigenvalue weighted by molar-refractivity contribution is -0.383. The molecule has 2 aromatic rings. The van der Waals surface area contributed by atoms with Crippen molar-refractivity contribution in [1.82, 2.24) is 9.97 Å². The summed E-state index contributed by atoms with van der Waals surface area (Å²) >= 11 is 3.18. The Morgan fingerprint density at radius 1 is 1.54 bits per heavy atom. The van der Waals surface area contributed by atoms with Gasteiger partial charge in [0.15, 0.2) is 0 Å². The van der Waals surface area contributed by atoms with Gasteiger partial charge in [0.1, 0.15) is 10.3 Å². The molecule has 0 radical (unpaired) electrons. The first-order chi connectivity index (χ1) is 6.18. The molecule has 0 saturated carbocycles. The molecule has 0 atom stereocenters. The molecule has 0 aliphatic rings. The first-order valence-electron chi connectivity index (χ1n) is 3.46. The van der Waals surface area contributed by atoms with Crippen LogP contribution < -0.4 is 0 Å². The van der Waals surface area contributed by atoms with Crippen LogP contribution >= 0.6 is 15.9 Å². The van der Waals surface area contributed by atoms with Crippen LogP contribution in [0.4, 0.5) is 5.69 Å². The van der Waals surface area contributed by atoms with E-state index in [1.807, 2.05) is 0 Å². The van der Waals surface area contributed by atoms with Crippen LogP contribution in [0.15, 0.2) is 22.9 Å². The smallest absolute Gasteiger partial charge is 0.296 e. The zero-order valence-electron chi connectivity index (χ0n) is 6.32. The van der Waals surface area contributed by atoms with Crippen molar-refractivity contribution < 1.29 is 4.92 Å². The standard InChI is InChI=1S/C7H4BrN3O2/c8-6-2-1-4-5(11(12)13)3-9-7(4)10-6/h1-3H,(H,9,10). The number of fused-ring (bicyclic) bond motifs is 1. The average molecular weight is 242 g/mol. The first-order valence-corrected chi connectivity index (χ1v) is 4.26. The number of nitrogens with zero attached hydrogens (tertiary/aromatic N) is 2. The van der Waals surface area contributed by atoms with Gasteiger partial charge in [-0.2, -0.15) is 0 Å². The van der Waals surface area contributed by atoms with Crippen LogP contribution in [-0.2, 0) is 0 Å². The summed E-state index contributed by atoms with van der Waals surface area (Å²) in [6.45, 7) is 0. The Morgan fingerprint density at radius 2 is 2.31 bits per heavy atom. The second kappa shape index (κ2) is 2.81. The van der Waals surface area contributed by atoms with Crippen molar-refractivity contribution in [3.63, 3.8) is 0 Å². The highest BCUT2D eigenvalue weighted by molar-refractivity contribution is 9.10. The van der Waals surface area contributed by atoms with Crippen LogP contribution in [0.2, 0.25) is 0 Å². The Morgan fingerprint density at radius 3 is 3.00 bits per heavy atom. The summed E-state index contributed by atoms with van der Waals surface area (Å²) in [6, 6.07) is 3.32. The Bertz CT molecular complexity index is 480. The lowest BCUT2D eigenvalue weighted by Crippen LogP contribution is -1.85. The minimum absolute atomic E-state index is 0.0509. The summed E-state index contributed by atoms with van der Waals surface area (Å²) in [5.74, 6) is 0. The number of nitrogens with one attached hydrogen (secondary N) is 1. The molecule has 2 aromatic heterocycles. The predicted molar refractivity (Wildman–Crippen MR) is 50.4 cm³/mol. The van der Waals surface area contributed by atoms with E-state index in [2.05, 4.69) is 25.9 Å². The van der Waals surface area contributed by atoms with Crippen molar-refractivity contribution in [2.75, 3.05) is 0 Å². The van der Waals surface area contributed by atoms with Gasteiger partial charge in [0.25, 0.3) is 5.69 Å². The molecule has 0 saturated heterocycles. The van der Waals surface area contributed by atoms with E-state index in [4.69, 9.17) is 0 Å². The van der Waals surface area contributed by atoms with Gasteiger partial charge in [-0.1, -0.05) is 0 Å². The number of halogens is 1. The van der Waals surface area contributed by atoms with E-state index in [0.29, 0.717) is 15.6 Å². The molecule has 0 amide bonds. The van der Waals surface area contributed by atoms with E-state index in [9.17, 15) is 10.1 Å². The van der Waals surface area contributed by atoms with Crippen LogP contribution in [0.3, 0.4) is 0 Å². The monoisotopic (exact) mass is 241 g/mol. The molecular weight excluding hydrogens is 238 g/mol. The average Bonchev–Trinajstić information content (AvgIpc) is 2.46. The highest BCUT2D eigenvalue weighted by Gasteiger charge is 2.13. The molecule has 0 spiro atoms. The zero-order valence-corrected chi connectivity index (χ0v) is 7.91. The van der Waals surface area contributed by atoms with E-state index >= 15 is 0 Å². The molecule has 0 aliphatic carbocycles. The second-order valence-electron chi connectivity index (χ2n) is 2.46. The Kier molecular flexibility index (Phi) is 1.77. The topological polar surface area (TPSA) is 71.8 Å². The fraction of sp³-hybridized carbons (Fsp3) is 0. The van der Waals surface area contributed by atoms with Gasteiger partial charge in [0, 0.05) is 0 Å². The minimum Gasteiger partial charge on any atom is -0.340 e. The molecule has 1 N–H and O–H groups in total. The Balaban J connectivity index is 2.76. The van der Waals surface area contributed by atoms with E-state index in [-0.39, 0.29) is 5.69 Å². The minimum atomic E-state index is -0.436. The van der Waals surface area contributed by atoms with Crippen LogP contribution in [0, 0.1) is 10.1 Å². The van der Waals surface area contributed by atoms with Gasteiger partial charge in [0.2, 0.25) is 0 Å². The molecule has 2 heterocycles. The largest absolute Gasteiger partial charge is 0.340 e. The van der Waals surface area contributed by atoms with Gasteiger partial charge in [-0.05, 0) is 28.1 Å². The maximum atomic E-state index is 10.5. The van der Waals surface area contributed by atoms with E-state index in [1.54, 1.807) is 12.1 Å². The normalized spacial score (nSPS) is 10.5. The van der Waals surface area contributed by atoms with Crippen molar-refractivity contribution in [3.8, 4) is 0 Å². The van der Waals surface area contributed by atoms with Crippen molar-refractivity contribution in [2.45, 2.75) is 0 Å². The summed E-state index contributed by atoms with van der Waals surface area (Å²) in [6.07, 6.45) is 1.34. The van der Waals surface area contributed by atoms with Gasteiger partial charge in [-0.25, -0.2) is 4.98 Å². The van der Waals surface area contributed by atoms with Crippen molar-refractivity contribution in [2.24, 2.45) is 0 Å². The third-order valence-electron chi connectivity index (χ3n) is 1.68. The zero-order chi connectivity index (χ0) is 9.42. The third kappa shape index (κ3) is 1.29. The Hall–Kier alpha value is -1.43. The summed E-state index contributed by atoms with van der Waals surface area (Å²) in [4.78, 5) is 16.8. The molecule has 0 unspecified atom stereocenters. The lowest BCUT2D eigenvalue weighted by atomic mass is 10.3. The van der Waals surface area contributed by atoms with Gasteiger partial charge < -0.3 is 4.98 Å². The molecule has 0 bridgehead atoms. The molecule has 6 heteroatoms. The van der Waals surface area contributed by atoms with Crippen LogP contribution in [0.1, 0.15) is 0 Å². The Labute approximate surface area is 81.1 Å². The molecule has 5 nitrogen and oxygen atoms in total. The SMILES string of the molecule is O=[N+]([O-])c1c[nH]c2nc(Br)ccc12. The number of aromatic amines is 1. The summed E-state index contributed by atoms with van der Waals surface area (Å²) in [7, 11) is 0. The van der Waals surface area contributed by atoms with Gasteiger partial charge in [-0.3, -0.25) is 10.1 Å². The van der Waals surface area contributed by atoms with Crippen LogP contribution in [0.25, 0.3) is 11.0 Å². The molecule has 66 valence electrons. The van der Waals surface area contributed by atoms with Crippen LogP contribution in [0.5, 0.6) is 0 Å². The lowest BCUT2D eigenvalue weighted by Gasteiger charge is -1.89. The number of H-pyrrole nitrogens is 1. The van der Waals surface area contributed by atoms with Crippen molar-refractivity contribution in [1.29, 1.82) is 0 Å². The molecule has 13 heavy (non-hydrogen) atoms. The highest BCUT2D eigenvalue weighted by atomic mass is 79.9. The molecule has 0 fully saturated rings. The van der Waals surface area contributed by atoms with Gasteiger partial charge in [0.05, 0.1) is 16.5 Å². The van der Waals surface area contributed by atoms with E-state index in [1.165, 1.54) is 6.20 Å². The number of aromatic nitrogens is 2.